The highest BCUT2D eigenvalue weighted by Crippen LogP contribution is 2.14. The molecular weight excluding hydrogens is 224 g/mol. The molecule has 1 rings (SSSR count). The summed E-state index contributed by atoms with van der Waals surface area (Å²) < 4.78 is 14.5. The van der Waals surface area contributed by atoms with Crippen molar-refractivity contribution in [3.05, 3.63) is 22.1 Å². The molecule has 5 heteroatoms. The minimum atomic E-state index is -0.858. The molecule has 0 saturated carbocycles. The van der Waals surface area contributed by atoms with Gasteiger partial charge in [-0.1, -0.05) is 27.2 Å². The highest BCUT2D eigenvalue weighted by molar-refractivity contribution is 5.87. The van der Waals surface area contributed by atoms with Crippen LogP contribution in [0.15, 0.2) is 13.6 Å². The van der Waals surface area contributed by atoms with Gasteiger partial charge in [-0.3, -0.25) is 0 Å². The quantitative estimate of drug-likeness (QED) is 0.565. The van der Waals surface area contributed by atoms with Gasteiger partial charge in [0.25, 0.3) is 5.76 Å². The molecule has 1 aromatic rings. The first-order chi connectivity index (χ1) is 8.04. The summed E-state index contributed by atoms with van der Waals surface area (Å²) in [5.41, 5.74) is 0. The predicted molar refractivity (Wildman–Crippen MR) is 61.0 cm³/mol. The summed E-state index contributed by atoms with van der Waals surface area (Å²) in [6.45, 7) is 6.24. The maximum Gasteiger partial charge on any atom is 0.519 e. The van der Waals surface area contributed by atoms with Gasteiger partial charge in [-0.05, 0) is 12.3 Å². The second kappa shape index (κ2) is 6.27. The Kier molecular flexibility index (Phi) is 5.00. The second-order valence-electron chi connectivity index (χ2n) is 4.29. The van der Waals surface area contributed by atoms with E-state index in [1.54, 1.807) is 0 Å². The van der Waals surface area contributed by atoms with Crippen molar-refractivity contribution in [1.29, 1.82) is 0 Å². The van der Waals surface area contributed by atoms with Gasteiger partial charge in [0.2, 0.25) is 0 Å². The molecular formula is C12H18O5. The Balaban J connectivity index is 2.74. The lowest BCUT2D eigenvalue weighted by molar-refractivity contribution is 0.0459. The lowest BCUT2D eigenvalue weighted by atomic mass is 10.1. The Bertz CT molecular complexity index is 413. The van der Waals surface area contributed by atoms with Crippen molar-refractivity contribution in [2.45, 2.75) is 40.0 Å². The van der Waals surface area contributed by atoms with Gasteiger partial charge in [-0.25, -0.2) is 9.59 Å². The summed E-state index contributed by atoms with van der Waals surface area (Å²) >= 11 is 0. The number of carbonyl (C=O) groups is 1. The van der Waals surface area contributed by atoms with Crippen LogP contribution in [0.5, 0.6) is 0 Å². The molecule has 0 unspecified atom stereocenters. The average molecular weight is 242 g/mol. The number of hydrogen-bond donors (Lipinski definition) is 0. The smallest absolute Gasteiger partial charge is 0.460 e. The van der Waals surface area contributed by atoms with Crippen LogP contribution in [0.3, 0.4) is 0 Å². The summed E-state index contributed by atoms with van der Waals surface area (Å²) in [4.78, 5) is 22.6. The number of unbranched alkanes of at least 4 members (excludes halogenated alkanes) is 1. The second-order valence-corrected chi connectivity index (χ2v) is 4.29. The summed E-state index contributed by atoms with van der Waals surface area (Å²) in [5.74, 6) is -1.05. The first kappa shape index (κ1) is 13.5. The Morgan fingerprint density at radius 1 is 1.35 bits per heavy atom. The molecule has 17 heavy (non-hydrogen) atoms. The largest absolute Gasteiger partial charge is 0.519 e. The molecule has 96 valence electrons. The van der Waals surface area contributed by atoms with Crippen LogP contribution >= 0.6 is 0 Å². The molecule has 1 aromatic heterocycles. The van der Waals surface area contributed by atoms with E-state index in [1.165, 1.54) is 0 Å². The van der Waals surface area contributed by atoms with Crippen LogP contribution in [-0.2, 0) is 11.2 Å². The first-order valence-corrected chi connectivity index (χ1v) is 5.84. The standard InChI is InChI=1S/C12H18O5/c1-4-5-6-15-11(13)10-9(7-8(2)3)16-12(14)17-10/h8H,4-7H2,1-3H3. The minimum Gasteiger partial charge on any atom is -0.460 e. The molecule has 0 amide bonds. The zero-order chi connectivity index (χ0) is 12.8. The van der Waals surface area contributed by atoms with Gasteiger partial charge < -0.3 is 13.6 Å². The third-order valence-corrected chi connectivity index (χ3v) is 2.16. The summed E-state index contributed by atoms with van der Waals surface area (Å²) in [6.07, 6.45) is 2.19. The molecule has 5 nitrogen and oxygen atoms in total. The molecule has 0 N–H and O–H groups in total. The van der Waals surface area contributed by atoms with Crippen LogP contribution in [0.1, 0.15) is 49.9 Å². The summed E-state index contributed by atoms with van der Waals surface area (Å²) in [7, 11) is 0. The highest BCUT2D eigenvalue weighted by atomic mass is 16.6. The van der Waals surface area contributed by atoms with Crippen molar-refractivity contribution < 1.29 is 18.4 Å². The van der Waals surface area contributed by atoms with Crippen LogP contribution in [-0.4, -0.2) is 12.6 Å². The molecule has 0 bridgehead atoms. The molecule has 0 aliphatic rings. The molecule has 0 aliphatic carbocycles. The van der Waals surface area contributed by atoms with E-state index in [0.717, 1.165) is 12.8 Å². The molecule has 0 spiro atoms. The molecule has 0 atom stereocenters. The van der Waals surface area contributed by atoms with E-state index < -0.39 is 11.8 Å². The summed E-state index contributed by atoms with van der Waals surface area (Å²) in [5, 5.41) is 0. The van der Waals surface area contributed by atoms with Gasteiger partial charge in [-0.2, -0.15) is 0 Å². The Labute approximate surface area is 99.8 Å². The molecule has 0 fully saturated rings. The van der Waals surface area contributed by atoms with Gasteiger partial charge in [-0.15, -0.1) is 0 Å². The fourth-order valence-corrected chi connectivity index (χ4v) is 1.34. The third-order valence-electron chi connectivity index (χ3n) is 2.16. The maximum absolute atomic E-state index is 11.6. The Morgan fingerprint density at radius 3 is 2.65 bits per heavy atom. The van der Waals surface area contributed by atoms with Crippen molar-refractivity contribution in [1.82, 2.24) is 0 Å². The number of esters is 1. The van der Waals surface area contributed by atoms with Crippen LogP contribution in [0.2, 0.25) is 0 Å². The van der Waals surface area contributed by atoms with E-state index in [0.29, 0.717) is 13.0 Å². The molecule has 0 aromatic carbocycles. The zero-order valence-corrected chi connectivity index (χ0v) is 10.4. The number of rotatable bonds is 6. The normalized spacial score (nSPS) is 10.8. The fourth-order valence-electron chi connectivity index (χ4n) is 1.34. The first-order valence-electron chi connectivity index (χ1n) is 5.84. The van der Waals surface area contributed by atoms with Crippen molar-refractivity contribution in [2.75, 3.05) is 6.61 Å². The van der Waals surface area contributed by atoms with E-state index in [9.17, 15) is 9.59 Å². The lowest BCUT2D eigenvalue weighted by Gasteiger charge is -2.03. The third kappa shape index (κ3) is 4.09. The van der Waals surface area contributed by atoms with Gasteiger partial charge in [0.05, 0.1) is 6.61 Å². The molecule has 0 saturated heterocycles. The predicted octanol–water partition coefficient (Wildman–Crippen LogP) is 2.39. The molecule has 0 aliphatic heterocycles. The zero-order valence-electron chi connectivity index (χ0n) is 10.4. The van der Waals surface area contributed by atoms with E-state index in [1.807, 2.05) is 20.8 Å². The number of carbonyl (C=O) groups excluding carboxylic acids is 1. The fraction of sp³-hybridized carbons (Fsp3) is 0.667. The van der Waals surface area contributed by atoms with E-state index in [4.69, 9.17) is 13.6 Å². The average Bonchev–Trinajstić information content (AvgIpc) is 2.58. The lowest BCUT2D eigenvalue weighted by Crippen LogP contribution is -2.08. The van der Waals surface area contributed by atoms with Crippen molar-refractivity contribution >= 4 is 5.97 Å². The van der Waals surface area contributed by atoms with E-state index >= 15 is 0 Å². The monoisotopic (exact) mass is 242 g/mol. The highest BCUT2D eigenvalue weighted by Gasteiger charge is 2.22. The van der Waals surface area contributed by atoms with E-state index in [-0.39, 0.29) is 17.4 Å². The van der Waals surface area contributed by atoms with Crippen LogP contribution in [0.25, 0.3) is 0 Å². The van der Waals surface area contributed by atoms with Crippen molar-refractivity contribution in [3.63, 3.8) is 0 Å². The number of ether oxygens (including phenoxy) is 1. The molecule has 0 radical (unpaired) electrons. The Hall–Kier alpha value is -1.52. The van der Waals surface area contributed by atoms with E-state index in [2.05, 4.69) is 0 Å². The number of hydrogen-bond acceptors (Lipinski definition) is 5. The van der Waals surface area contributed by atoms with Gasteiger partial charge in [0, 0.05) is 6.42 Å². The van der Waals surface area contributed by atoms with Crippen LogP contribution in [0.4, 0.5) is 0 Å². The van der Waals surface area contributed by atoms with Crippen molar-refractivity contribution in [3.8, 4) is 0 Å². The van der Waals surface area contributed by atoms with Gasteiger partial charge >= 0.3 is 11.8 Å². The SMILES string of the molecule is CCCCOC(=O)c1oc(=O)oc1CC(C)C. The topological polar surface area (TPSA) is 69.7 Å². The van der Waals surface area contributed by atoms with Crippen LogP contribution in [0, 0.1) is 5.92 Å². The maximum atomic E-state index is 11.6. The van der Waals surface area contributed by atoms with Gasteiger partial charge in [0.1, 0.15) is 0 Å². The van der Waals surface area contributed by atoms with Crippen molar-refractivity contribution in [2.24, 2.45) is 5.92 Å². The minimum absolute atomic E-state index is 0.0974. The van der Waals surface area contributed by atoms with Gasteiger partial charge in [0.15, 0.2) is 5.76 Å². The summed E-state index contributed by atoms with van der Waals surface area (Å²) in [6, 6.07) is 0. The molecule has 1 heterocycles. The Morgan fingerprint density at radius 2 is 2.06 bits per heavy atom. The van der Waals surface area contributed by atoms with Crippen LogP contribution < -0.4 is 5.82 Å².